The SMILES string of the molecule is COC(=O)CCNC(=O)c1ccccc1C(=O)c1ccc(F)cc1. The van der Waals surface area contributed by atoms with Crippen molar-refractivity contribution >= 4 is 17.7 Å². The molecule has 6 heteroatoms. The van der Waals surface area contributed by atoms with Crippen molar-refractivity contribution in [2.75, 3.05) is 13.7 Å². The summed E-state index contributed by atoms with van der Waals surface area (Å²) in [6.45, 7) is 0.102. The molecular formula is C18H16FNO4. The van der Waals surface area contributed by atoms with Crippen LogP contribution in [0, 0.1) is 5.82 Å². The highest BCUT2D eigenvalue weighted by Crippen LogP contribution is 2.15. The summed E-state index contributed by atoms with van der Waals surface area (Å²) in [7, 11) is 1.26. The largest absolute Gasteiger partial charge is 0.469 e. The molecule has 0 aliphatic heterocycles. The number of hydrogen-bond donors (Lipinski definition) is 1. The van der Waals surface area contributed by atoms with Crippen molar-refractivity contribution in [3.8, 4) is 0 Å². The van der Waals surface area contributed by atoms with Gasteiger partial charge >= 0.3 is 5.97 Å². The van der Waals surface area contributed by atoms with Crippen LogP contribution in [0.1, 0.15) is 32.7 Å². The predicted molar refractivity (Wildman–Crippen MR) is 85.2 cm³/mol. The third-order valence-electron chi connectivity index (χ3n) is 3.37. The summed E-state index contributed by atoms with van der Waals surface area (Å²) in [5, 5.41) is 2.57. The van der Waals surface area contributed by atoms with Gasteiger partial charge in [0.25, 0.3) is 5.91 Å². The zero-order chi connectivity index (χ0) is 17.5. The second kappa shape index (κ2) is 8.01. The Morgan fingerprint density at radius 1 is 1.00 bits per heavy atom. The number of benzene rings is 2. The molecule has 0 atom stereocenters. The molecule has 0 saturated carbocycles. The quantitative estimate of drug-likeness (QED) is 0.652. The number of halogens is 1. The maximum atomic E-state index is 13.0. The van der Waals surface area contributed by atoms with Crippen LogP contribution in [0.2, 0.25) is 0 Å². The second-order valence-electron chi connectivity index (χ2n) is 4.96. The lowest BCUT2D eigenvalue weighted by atomic mass is 9.98. The van der Waals surface area contributed by atoms with Gasteiger partial charge in [-0.3, -0.25) is 14.4 Å². The molecule has 1 N–H and O–H groups in total. The topological polar surface area (TPSA) is 72.5 Å². The van der Waals surface area contributed by atoms with Crippen molar-refractivity contribution in [2.24, 2.45) is 0 Å². The number of methoxy groups -OCH3 is 1. The number of hydrogen-bond acceptors (Lipinski definition) is 4. The molecule has 0 aromatic heterocycles. The van der Waals surface area contributed by atoms with Crippen LogP contribution in [0.15, 0.2) is 48.5 Å². The van der Waals surface area contributed by atoms with Gasteiger partial charge in [-0.25, -0.2) is 4.39 Å². The standard InChI is InChI=1S/C18H16FNO4/c1-24-16(21)10-11-20-18(23)15-5-3-2-4-14(15)17(22)12-6-8-13(19)9-7-12/h2-9H,10-11H2,1H3,(H,20,23). The van der Waals surface area contributed by atoms with Crippen molar-refractivity contribution in [1.82, 2.24) is 5.32 Å². The van der Waals surface area contributed by atoms with Gasteiger partial charge in [0, 0.05) is 17.7 Å². The Bertz CT molecular complexity index is 756. The van der Waals surface area contributed by atoms with Crippen LogP contribution in [-0.4, -0.2) is 31.3 Å². The van der Waals surface area contributed by atoms with E-state index in [4.69, 9.17) is 0 Å². The average Bonchev–Trinajstić information content (AvgIpc) is 2.61. The maximum absolute atomic E-state index is 13.0. The van der Waals surface area contributed by atoms with Crippen LogP contribution in [0.5, 0.6) is 0 Å². The molecule has 5 nitrogen and oxygen atoms in total. The summed E-state index contributed by atoms with van der Waals surface area (Å²) in [5.74, 6) is -1.73. The van der Waals surface area contributed by atoms with Crippen LogP contribution < -0.4 is 5.32 Å². The summed E-state index contributed by atoms with van der Waals surface area (Å²) in [4.78, 5) is 35.8. The van der Waals surface area contributed by atoms with Gasteiger partial charge in [0.05, 0.1) is 19.1 Å². The lowest BCUT2D eigenvalue weighted by Crippen LogP contribution is -2.28. The summed E-state index contributed by atoms with van der Waals surface area (Å²) in [6, 6.07) is 11.4. The van der Waals surface area contributed by atoms with Crippen LogP contribution in [0.3, 0.4) is 0 Å². The molecule has 0 fully saturated rings. The molecule has 0 spiro atoms. The Balaban J connectivity index is 2.17. The molecule has 0 aliphatic rings. The Kier molecular flexibility index (Phi) is 5.78. The minimum Gasteiger partial charge on any atom is -0.469 e. The third kappa shape index (κ3) is 4.25. The number of rotatable bonds is 6. The lowest BCUT2D eigenvalue weighted by Gasteiger charge is -2.09. The van der Waals surface area contributed by atoms with Gasteiger partial charge in [-0.1, -0.05) is 18.2 Å². The fraction of sp³-hybridized carbons (Fsp3) is 0.167. The molecule has 0 unspecified atom stereocenters. The van der Waals surface area contributed by atoms with E-state index in [9.17, 15) is 18.8 Å². The first kappa shape index (κ1) is 17.3. The smallest absolute Gasteiger partial charge is 0.307 e. The first-order chi connectivity index (χ1) is 11.5. The van der Waals surface area contributed by atoms with Gasteiger partial charge in [0.2, 0.25) is 0 Å². The number of amides is 1. The monoisotopic (exact) mass is 329 g/mol. The fourth-order valence-electron chi connectivity index (χ4n) is 2.11. The van der Waals surface area contributed by atoms with E-state index in [0.717, 1.165) is 0 Å². The van der Waals surface area contributed by atoms with Gasteiger partial charge in [0.1, 0.15) is 5.82 Å². The summed E-state index contributed by atoms with van der Waals surface area (Å²) < 4.78 is 17.5. The number of carbonyl (C=O) groups is 3. The zero-order valence-electron chi connectivity index (χ0n) is 13.0. The van der Waals surface area contributed by atoms with Crippen molar-refractivity contribution < 1.29 is 23.5 Å². The van der Waals surface area contributed by atoms with Gasteiger partial charge in [-0.2, -0.15) is 0 Å². The lowest BCUT2D eigenvalue weighted by molar-refractivity contribution is -0.140. The van der Waals surface area contributed by atoms with Gasteiger partial charge in [-0.15, -0.1) is 0 Å². The summed E-state index contributed by atoms with van der Waals surface area (Å²) in [5.41, 5.74) is 0.683. The van der Waals surface area contributed by atoms with E-state index in [1.54, 1.807) is 12.1 Å². The highest BCUT2D eigenvalue weighted by Gasteiger charge is 2.18. The molecule has 24 heavy (non-hydrogen) atoms. The summed E-state index contributed by atoms with van der Waals surface area (Å²) in [6.07, 6.45) is 0.0380. The number of ether oxygens (including phenoxy) is 1. The maximum Gasteiger partial charge on any atom is 0.307 e. The average molecular weight is 329 g/mol. The minimum absolute atomic E-state index is 0.0380. The first-order valence-corrected chi connectivity index (χ1v) is 7.27. The molecule has 0 radical (unpaired) electrons. The molecule has 2 aromatic rings. The van der Waals surface area contributed by atoms with Crippen molar-refractivity contribution in [1.29, 1.82) is 0 Å². The molecular weight excluding hydrogens is 313 g/mol. The first-order valence-electron chi connectivity index (χ1n) is 7.27. The summed E-state index contributed by atoms with van der Waals surface area (Å²) >= 11 is 0. The number of esters is 1. The Morgan fingerprint density at radius 2 is 1.62 bits per heavy atom. The van der Waals surface area contributed by atoms with Crippen LogP contribution >= 0.6 is 0 Å². The Morgan fingerprint density at radius 3 is 2.25 bits per heavy atom. The highest BCUT2D eigenvalue weighted by atomic mass is 19.1. The van der Waals surface area contributed by atoms with Gasteiger partial charge < -0.3 is 10.1 Å². The van der Waals surface area contributed by atoms with Gasteiger partial charge in [0.15, 0.2) is 5.78 Å². The Labute approximate surface area is 138 Å². The molecule has 0 saturated heterocycles. The normalized spacial score (nSPS) is 10.1. The van der Waals surface area contributed by atoms with E-state index in [1.165, 1.54) is 43.5 Å². The van der Waals surface area contributed by atoms with E-state index < -0.39 is 17.7 Å². The minimum atomic E-state index is -0.468. The van der Waals surface area contributed by atoms with E-state index in [1.807, 2.05) is 0 Å². The van der Waals surface area contributed by atoms with Crippen molar-refractivity contribution in [3.63, 3.8) is 0 Å². The van der Waals surface area contributed by atoms with Crippen molar-refractivity contribution in [2.45, 2.75) is 6.42 Å². The predicted octanol–water partition coefficient (Wildman–Crippen LogP) is 2.35. The van der Waals surface area contributed by atoms with E-state index in [2.05, 4.69) is 10.1 Å². The highest BCUT2D eigenvalue weighted by molar-refractivity contribution is 6.15. The van der Waals surface area contributed by atoms with Crippen molar-refractivity contribution in [3.05, 3.63) is 71.0 Å². The van der Waals surface area contributed by atoms with E-state index >= 15 is 0 Å². The number of carbonyl (C=O) groups excluding carboxylic acids is 3. The van der Waals surface area contributed by atoms with E-state index in [-0.39, 0.29) is 35.4 Å². The van der Waals surface area contributed by atoms with Crippen LogP contribution in [0.25, 0.3) is 0 Å². The number of ketones is 1. The number of nitrogens with one attached hydrogen (secondary N) is 1. The van der Waals surface area contributed by atoms with Gasteiger partial charge in [-0.05, 0) is 30.3 Å². The zero-order valence-corrected chi connectivity index (χ0v) is 13.0. The molecule has 0 aliphatic carbocycles. The molecule has 2 rings (SSSR count). The second-order valence-corrected chi connectivity index (χ2v) is 4.96. The Hall–Kier alpha value is -3.02. The van der Waals surface area contributed by atoms with Crippen LogP contribution in [0.4, 0.5) is 4.39 Å². The molecule has 0 bridgehead atoms. The molecule has 1 amide bonds. The molecule has 0 heterocycles. The van der Waals surface area contributed by atoms with Crippen LogP contribution in [-0.2, 0) is 9.53 Å². The third-order valence-corrected chi connectivity index (χ3v) is 3.37. The van der Waals surface area contributed by atoms with E-state index in [0.29, 0.717) is 0 Å². The fourth-order valence-corrected chi connectivity index (χ4v) is 2.11. The molecule has 2 aromatic carbocycles. The molecule has 124 valence electrons.